The van der Waals surface area contributed by atoms with Crippen LogP contribution in [0, 0.1) is 11.3 Å². The Bertz CT molecular complexity index is 961. The largest absolute Gasteiger partial charge is 0.319 e. The van der Waals surface area contributed by atoms with Gasteiger partial charge < -0.3 is 9.47 Å². The fraction of sp³-hybridized carbons (Fsp3) is 0.286. The lowest BCUT2D eigenvalue weighted by atomic mass is 10.2. The number of thioether (sulfide) groups is 1. The third-order valence-electron chi connectivity index (χ3n) is 4.35. The van der Waals surface area contributed by atoms with E-state index in [9.17, 15) is 4.79 Å². The number of aromatic nitrogens is 2. The SMILES string of the molecule is CCn1c(SC(C)C(=O)N(CCC#N)c2ccccc2)nc2ccccc21. The van der Waals surface area contributed by atoms with E-state index in [1.165, 1.54) is 11.8 Å². The number of hydrogen-bond acceptors (Lipinski definition) is 4. The topological polar surface area (TPSA) is 61.9 Å². The minimum Gasteiger partial charge on any atom is -0.319 e. The summed E-state index contributed by atoms with van der Waals surface area (Å²) in [4.78, 5) is 19.5. The van der Waals surface area contributed by atoms with E-state index in [0.29, 0.717) is 13.0 Å². The number of nitriles is 1. The third-order valence-corrected chi connectivity index (χ3v) is 5.42. The predicted molar refractivity (Wildman–Crippen MR) is 110 cm³/mol. The molecule has 3 aromatic rings. The zero-order valence-electron chi connectivity index (χ0n) is 15.5. The standard InChI is InChI=1S/C21H22N4OS/c1-3-24-19-13-8-7-12-18(19)23-21(24)27-16(2)20(26)25(15-9-14-22)17-10-5-4-6-11-17/h4-8,10-13,16H,3,9,15H2,1-2H3. The number of carbonyl (C=O) groups is 1. The number of para-hydroxylation sites is 3. The van der Waals surface area contributed by atoms with Crippen molar-refractivity contribution in [1.82, 2.24) is 9.55 Å². The molecule has 0 N–H and O–H groups in total. The zero-order chi connectivity index (χ0) is 19.2. The van der Waals surface area contributed by atoms with Crippen molar-refractivity contribution in [3.8, 4) is 6.07 Å². The van der Waals surface area contributed by atoms with Gasteiger partial charge in [-0.05, 0) is 38.1 Å². The summed E-state index contributed by atoms with van der Waals surface area (Å²) < 4.78 is 2.13. The van der Waals surface area contributed by atoms with Crippen molar-refractivity contribution >= 4 is 34.4 Å². The first-order chi connectivity index (χ1) is 13.2. The number of nitrogens with zero attached hydrogens (tertiary/aromatic N) is 4. The summed E-state index contributed by atoms with van der Waals surface area (Å²) in [5.41, 5.74) is 2.83. The van der Waals surface area contributed by atoms with Gasteiger partial charge in [-0.1, -0.05) is 42.1 Å². The molecule has 6 heteroatoms. The van der Waals surface area contributed by atoms with E-state index in [0.717, 1.165) is 28.4 Å². The number of hydrogen-bond donors (Lipinski definition) is 0. The molecule has 1 atom stereocenters. The highest BCUT2D eigenvalue weighted by Gasteiger charge is 2.24. The van der Waals surface area contributed by atoms with Crippen LogP contribution in [-0.4, -0.2) is 27.3 Å². The Hall–Kier alpha value is -2.78. The summed E-state index contributed by atoms with van der Waals surface area (Å²) in [6, 6.07) is 19.6. The van der Waals surface area contributed by atoms with Gasteiger partial charge in [-0.2, -0.15) is 5.26 Å². The molecule has 0 saturated carbocycles. The summed E-state index contributed by atoms with van der Waals surface area (Å²) >= 11 is 1.46. The van der Waals surface area contributed by atoms with E-state index in [4.69, 9.17) is 10.2 Å². The van der Waals surface area contributed by atoms with Crippen LogP contribution in [0.1, 0.15) is 20.3 Å². The van der Waals surface area contributed by atoms with Crippen molar-refractivity contribution in [2.75, 3.05) is 11.4 Å². The molecule has 0 spiro atoms. The highest BCUT2D eigenvalue weighted by atomic mass is 32.2. The van der Waals surface area contributed by atoms with Crippen LogP contribution >= 0.6 is 11.8 Å². The quantitative estimate of drug-likeness (QED) is 0.569. The first kappa shape index (κ1) is 19.0. The van der Waals surface area contributed by atoms with Gasteiger partial charge in [0, 0.05) is 18.8 Å². The van der Waals surface area contributed by atoms with E-state index >= 15 is 0 Å². The average molecular weight is 379 g/mol. The monoisotopic (exact) mass is 378 g/mol. The highest BCUT2D eigenvalue weighted by molar-refractivity contribution is 8.00. The van der Waals surface area contributed by atoms with Gasteiger partial charge in [0.2, 0.25) is 5.91 Å². The Balaban J connectivity index is 1.84. The summed E-state index contributed by atoms with van der Waals surface area (Å²) in [5, 5.41) is 9.49. The molecule has 1 aromatic heterocycles. The molecule has 2 aromatic carbocycles. The maximum absolute atomic E-state index is 13.1. The van der Waals surface area contributed by atoms with E-state index in [1.807, 2.05) is 61.5 Å². The fourth-order valence-electron chi connectivity index (χ4n) is 3.01. The molecule has 0 radical (unpaired) electrons. The summed E-state index contributed by atoms with van der Waals surface area (Å²) in [6.45, 7) is 5.15. The van der Waals surface area contributed by atoms with Crippen molar-refractivity contribution in [3.05, 3.63) is 54.6 Å². The minimum absolute atomic E-state index is 0.0174. The van der Waals surface area contributed by atoms with Crippen LogP contribution in [0.25, 0.3) is 11.0 Å². The molecule has 1 heterocycles. The molecule has 0 saturated heterocycles. The number of anilines is 1. The number of fused-ring (bicyclic) bond motifs is 1. The second-order valence-electron chi connectivity index (χ2n) is 6.12. The third kappa shape index (κ3) is 4.15. The van der Waals surface area contributed by atoms with Gasteiger partial charge in [0.05, 0.1) is 28.8 Å². The number of aryl methyl sites for hydroxylation is 1. The second kappa shape index (κ2) is 8.74. The van der Waals surface area contributed by atoms with Gasteiger partial charge in [0.15, 0.2) is 5.16 Å². The molecule has 0 aliphatic heterocycles. The number of imidazole rings is 1. The van der Waals surface area contributed by atoms with Gasteiger partial charge in [-0.25, -0.2) is 4.98 Å². The Morgan fingerprint density at radius 2 is 1.93 bits per heavy atom. The molecule has 5 nitrogen and oxygen atoms in total. The van der Waals surface area contributed by atoms with Crippen LogP contribution in [0.15, 0.2) is 59.8 Å². The second-order valence-corrected chi connectivity index (χ2v) is 7.43. The molecular weight excluding hydrogens is 356 g/mol. The summed E-state index contributed by atoms with van der Waals surface area (Å²) in [6.07, 6.45) is 0.297. The molecule has 1 unspecified atom stereocenters. The summed E-state index contributed by atoms with van der Waals surface area (Å²) in [5.74, 6) is -0.0174. The molecule has 0 fully saturated rings. The maximum Gasteiger partial charge on any atom is 0.240 e. The summed E-state index contributed by atoms with van der Waals surface area (Å²) in [7, 11) is 0. The minimum atomic E-state index is -0.314. The first-order valence-corrected chi connectivity index (χ1v) is 9.89. The van der Waals surface area contributed by atoms with Gasteiger partial charge in [-0.15, -0.1) is 0 Å². The van der Waals surface area contributed by atoms with Crippen LogP contribution < -0.4 is 4.90 Å². The van der Waals surface area contributed by atoms with Gasteiger partial charge in [0.1, 0.15) is 0 Å². The van der Waals surface area contributed by atoms with E-state index in [2.05, 4.69) is 17.6 Å². The van der Waals surface area contributed by atoms with E-state index < -0.39 is 0 Å². The van der Waals surface area contributed by atoms with Gasteiger partial charge in [0.25, 0.3) is 0 Å². The molecule has 3 rings (SSSR count). The molecule has 138 valence electrons. The Morgan fingerprint density at radius 3 is 2.63 bits per heavy atom. The van der Waals surface area contributed by atoms with Crippen molar-refractivity contribution in [2.45, 2.75) is 37.2 Å². The van der Waals surface area contributed by atoms with Crippen molar-refractivity contribution in [3.63, 3.8) is 0 Å². The smallest absolute Gasteiger partial charge is 0.240 e. The van der Waals surface area contributed by atoms with Crippen molar-refractivity contribution in [2.24, 2.45) is 0 Å². The van der Waals surface area contributed by atoms with Crippen LogP contribution in [0.4, 0.5) is 5.69 Å². The lowest BCUT2D eigenvalue weighted by Crippen LogP contribution is -2.37. The number of benzene rings is 2. The molecule has 0 aliphatic carbocycles. The lowest BCUT2D eigenvalue weighted by Gasteiger charge is -2.25. The van der Waals surface area contributed by atoms with Crippen molar-refractivity contribution < 1.29 is 4.79 Å². The van der Waals surface area contributed by atoms with Crippen LogP contribution in [0.5, 0.6) is 0 Å². The first-order valence-electron chi connectivity index (χ1n) is 9.01. The van der Waals surface area contributed by atoms with Crippen LogP contribution in [-0.2, 0) is 11.3 Å². The maximum atomic E-state index is 13.1. The Kier molecular flexibility index (Phi) is 6.15. The van der Waals surface area contributed by atoms with Gasteiger partial charge in [-0.3, -0.25) is 4.79 Å². The van der Waals surface area contributed by atoms with E-state index in [-0.39, 0.29) is 11.2 Å². The van der Waals surface area contributed by atoms with Gasteiger partial charge >= 0.3 is 0 Å². The predicted octanol–water partition coefficient (Wildman–Crippen LogP) is 4.48. The molecule has 1 amide bonds. The average Bonchev–Trinajstić information content (AvgIpc) is 3.05. The van der Waals surface area contributed by atoms with E-state index in [1.54, 1.807) is 4.90 Å². The van der Waals surface area contributed by atoms with Crippen LogP contribution in [0.2, 0.25) is 0 Å². The fourth-order valence-corrected chi connectivity index (χ4v) is 4.06. The molecule has 27 heavy (non-hydrogen) atoms. The Morgan fingerprint density at radius 1 is 1.22 bits per heavy atom. The number of amides is 1. The number of carbonyl (C=O) groups excluding carboxylic acids is 1. The lowest BCUT2D eigenvalue weighted by molar-refractivity contribution is -0.117. The zero-order valence-corrected chi connectivity index (χ0v) is 16.3. The normalized spacial score (nSPS) is 11.9. The number of rotatable bonds is 7. The van der Waals surface area contributed by atoms with Crippen LogP contribution in [0.3, 0.4) is 0 Å². The highest BCUT2D eigenvalue weighted by Crippen LogP contribution is 2.29. The Labute approximate surface area is 163 Å². The molecule has 0 bridgehead atoms. The molecular formula is C21H22N4OS. The molecule has 0 aliphatic rings. The van der Waals surface area contributed by atoms with Crippen molar-refractivity contribution in [1.29, 1.82) is 5.26 Å².